The first-order chi connectivity index (χ1) is 12.0. The molecule has 144 valence electrons. The molecule has 26 heavy (non-hydrogen) atoms. The van der Waals surface area contributed by atoms with E-state index in [2.05, 4.69) is 4.98 Å². The van der Waals surface area contributed by atoms with Crippen LogP contribution in [0.3, 0.4) is 0 Å². The number of rotatable bonds is 3. The fourth-order valence-corrected chi connectivity index (χ4v) is 4.23. The van der Waals surface area contributed by atoms with E-state index in [9.17, 15) is 39.9 Å². The fraction of sp³-hybridized carbons (Fsp3) is 0.429. The number of halogens is 1. The molecule has 0 aliphatic heterocycles. The summed E-state index contributed by atoms with van der Waals surface area (Å²) in [6, 6.07) is 4.38. The van der Waals surface area contributed by atoms with Crippen LogP contribution in [0.2, 0.25) is 5.02 Å². The van der Waals surface area contributed by atoms with Crippen molar-refractivity contribution in [3.63, 3.8) is 0 Å². The third kappa shape index (κ3) is 2.98. The molecule has 0 amide bonds. The summed E-state index contributed by atoms with van der Waals surface area (Å²) >= 11 is 5.89. The van der Waals surface area contributed by atoms with Gasteiger partial charge < -0.3 is 40.3 Å². The summed E-state index contributed by atoms with van der Waals surface area (Å²) in [6.45, 7) is 0. The zero-order valence-electron chi connectivity index (χ0n) is 13.0. The Morgan fingerprint density at radius 1 is 1.04 bits per heavy atom. The van der Waals surface area contributed by atoms with Crippen LogP contribution in [-0.2, 0) is 14.7 Å². The number of aromatic amines is 1. The minimum Gasteiger partial charge on any atom is -0.387 e. The van der Waals surface area contributed by atoms with Crippen LogP contribution in [0.15, 0.2) is 24.4 Å². The van der Waals surface area contributed by atoms with Gasteiger partial charge in [-0.15, -0.1) is 0 Å². The molecule has 1 heterocycles. The SMILES string of the molecule is O=P(O)(O)OC1(c2c[nH]c3cc(Cl)ccc23)[C@@H](O)[C@H](O)C(O)[C@H](O)[C@@H]1O. The average molecular weight is 410 g/mol. The summed E-state index contributed by atoms with van der Waals surface area (Å²) in [5.41, 5.74) is -2.39. The van der Waals surface area contributed by atoms with Gasteiger partial charge in [-0.25, -0.2) is 4.57 Å². The molecule has 0 radical (unpaired) electrons. The normalized spacial score (nSPS) is 35.8. The van der Waals surface area contributed by atoms with Gasteiger partial charge in [0.1, 0.15) is 30.5 Å². The second kappa shape index (κ2) is 6.54. The molecular formula is C14H17ClNO9P. The Kier molecular flexibility index (Phi) is 4.96. The zero-order valence-corrected chi connectivity index (χ0v) is 14.6. The topological polar surface area (TPSA) is 184 Å². The van der Waals surface area contributed by atoms with Crippen molar-refractivity contribution in [1.82, 2.24) is 4.98 Å². The van der Waals surface area contributed by atoms with Crippen LogP contribution in [0.4, 0.5) is 0 Å². The number of hydrogen-bond acceptors (Lipinski definition) is 7. The van der Waals surface area contributed by atoms with Crippen LogP contribution < -0.4 is 0 Å². The Hall–Kier alpha value is -1.04. The van der Waals surface area contributed by atoms with E-state index < -0.39 is 43.9 Å². The van der Waals surface area contributed by atoms with Crippen LogP contribution in [0, 0.1) is 0 Å². The van der Waals surface area contributed by atoms with Gasteiger partial charge in [0.25, 0.3) is 0 Å². The van der Waals surface area contributed by atoms with Crippen molar-refractivity contribution in [2.24, 2.45) is 0 Å². The molecular weight excluding hydrogens is 393 g/mol. The minimum atomic E-state index is -5.34. The van der Waals surface area contributed by atoms with Gasteiger partial charge in [0.2, 0.25) is 0 Å². The van der Waals surface area contributed by atoms with E-state index in [4.69, 9.17) is 16.1 Å². The maximum atomic E-state index is 11.6. The number of fused-ring (bicyclic) bond motifs is 1. The van der Waals surface area contributed by atoms with Gasteiger partial charge >= 0.3 is 7.82 Å². The van der Waals surface area contributed by atoms with E-state index in [-0.39, 0.29) is 10.9 Å². The second-order valence-corrected chi connectivity index (χ2v) is 7.73. The number of benzene rings is 1. The number of H-pyrrole nitrogens is 1. The van der Waals surface area contributed by atoms with Crippen molar-refractivity contribution in [2.75, 3.05) is 0 Å². The van der Waals surface area contributed by atoms with Crippen LogP contribution in [0.1, 0.15) is 5.56 Å². The quantitative estimate of drug-likeness (QED) is 0.293. The molecule has 12 heteroatoms. The Morgan fingerprint density at radius 3 is 2.15 bits per heavy atom. The van der Waals surface area contributed by atoms with E-state index >= 15 is 0 Å². The molecule has 1 saturated carbocycles. The van der Waals surface area contributed by atoms with Crippen LogP contribution in [0.5, 0.6) is 0 Å². The molecule has 0 bridgehead atoms. The molecule has 1 aromatic carbocycles. The summed E-state index contributed by atoms with van der Waals surface area (Å²) < 4.78 is 16.3. The molecule has 1 aromatic heterocycles. The van der Waals surface area contributed by atoms with Crippen molar-refractivity contribution in [1.29, 1.82) is 0 Å². The smallest absolute Gasteiger partial charge is 0.387 e. The highest BCUT2D eigenvalue weighted by Crippen LogP contribution is 2.53. The van der Waals surface area contributed by atoms with Crippen molar-refractivity contribution in [2.45, 2.75) is 36.1 Å². The molecule has 0 spiro atoms. The standard InChI is InChI=1S/C14H17ClNO9P/c15-5-1-2-6-7(4-16-8(6)3-5)14(25-26(22,23)24)12(20)10(18)9(17)11(19)13(14)21/h1-4,9-13,16-21H,(H2,22,23,24)/t9?,10-,11+,12-,13-,14?/m0/s1. The summed E-state index contributed by atoms with van der Waals surface area (Å²) in [5.74, 6) is 0. The van der Waals surface area contributed by atoms with Crippen molar-refractivity contribution in [3.8, 4) is 0 Å². The molecule has 1 aliphatic rings. The van der Waals surface area contributed by atoms with Crippen molar-refractivity contribution in [3.05, 3.63) is 35.0 Å². The minimum absolute atomic E-state index is 0.141. The highest BCUT2D eigenvalue weighted by molar-refractivity contribution is 7.46. The Labute approximate surface area is 151 Å². The first kappa shape index (κ1) is 19.7. The molecule has 2 aromatic rings. The predicted octanol–water partition coefficient (Wildman–Crippen LogP) is -1.06. The molecule has 10 nitrogen and oxygen atoms in total. The van der Waals surface area contributed by atoms with Gasteiger partial charge in [0, 0.05) is 27.7 Å². The van der Waals surface area contributed by atoms with Crippen LogP contribution in [0.25, 0.3) is 10.9 Å². The number of phosphoric ester groups is 1. The van der Waals surface area contributed by atoms with Crippen molar-refractivity contribution >= 4 is 30.3 Å². The maximum Gasteiger partial charge on any atom is 0.470 e. The van der Waals surface area contributed by atoms with Gasteiger partial charge in [-0.05, 0) is 12.1 Å². The van der Waals surface area contributed by atoms with E-state index in [1.165, 1.54) is 24.4 Å². The number of aliphatic hydroxyl groups is 5. The molecule has 1 aliphatic carbocycles. The van der Waals surface area contributed by atoms with Crippen molar-refractivity contribution < 1.29 is 44.4 Å². The lowest BCUT2D eigenvalue weighted by atomic mass is 9.71. The lowest BCUT2D eigenvalue weighted by Crippen LogP contribution is -2.69. The number of phosphoric acid groups is 1. The van der Waals surface area contributed by atoms with E-state index in [1.807, 2.05) is 0 Å². The fourth-order valence-electron chi connectivity index (χ4n) is 3.35. The molecule has 2 unspecified atom stereocenters. The lowest BCUT2D eigenvalue weighted by Gasteiger charge is -2.49. The largest absolute Gasteiger partial charge is 0.470 e. The van der Waals surface area contributed by atoms with E-state index in [0.717, 1.165) is 0 Å². The van der Waals surface area contributed by atoms with Gasteiger partial charge in [0.05, 0.1) is 0 Å². The van der Waals surface area contributed by atoms with Crippen LogP contribution >= 0.6 is 19.4 Å². The third-order valence-corrected chi connectivity index (χ3v) is 5.34. The van der Waals surface area contributed by atoms with Gasteiger partial charge in [-0.1, -0.05) is 17.7 Å². The molecule has 0 saturated heterocycles. The number of aliphatic hydroxyl groups excluding tert-OH is 5. The Balaban J connectivity index is 2.29. The maximum absolute atomic E-state index is 11.6. The highest BCUT2D eigenvalue weighted by atomic mass is 35.5. The highest BCUT2D eigenvalue weighted by Gasteiger charge is 2.63. The molecule has 6 atom stereocenters. The Morgan fingerprint density at radius 2 is 1.62 bits per heavy atom. The number of aromatic nitrogens is 1. The van der Waals surface area contributed by atoms with Gasteiger partial charge in [-0.2, -0.15) is 0 Å². The van der Waals surface area contributed by atoms with Gasteiger partial charge in [0.15, 0.2) is 5.60 Å². The summed E-state index contributed by atoms with van der Waals surface area (Å²) in [6.07, 6.45) is -9.25. The first-order valence-electron chi connectivity index (χ1n) is 7.43. The summed E-state index contributed by atoms with van der Waals surface area (Å²) in [5, 5.41) is 51.5. The molecule has 1 fully saturated rings. The Bertz CT molecular complexity index is 851. The molecule has 8 N–H and O–H groups in total. The molecule has 3 rings (SSSR count). The second-order valence-electron chi connectivity index (χ2n) is 6.13. The number of nitrogens with one attached hydrogen (secondary N) is 1. The average Bonchev–Trinajstić information content (AvgIpc) is 2.97. The lowest BCUT2D eigenvalue weighted by molar-refractivity contribution is -0.266. The third-order valence-electron chi connectivity index (χ3n) is 4.56. The van der Waals surface area contributed by atoms with Gasteiger partial charge in [-0.3, -0.25) is 4.52 Å². The summed E-state index contributed by atoms with van der Waals surface area (Å²) in [4.78, 5) is 21.4. The predicted molar refractivity (Wildman–Crippen MR) is 88.1 cm³/mol. The zero-order chi connectivity index (χ0) is 19.4. The van der Waals surface area contributed by atoms with Crippen LogP contribution in [-0.4, -0.2) is 70.8 Å². The number of hydrogen-bond donors (Lipinski definition) is 8. The summed E-state index contributed by atoms with van der Waals surface area (Å²) in [7, 11) is -5.34. The van der Waals surface area contributed by atoms with E-state index in [0.29, 0.717) is 10.5 Å². The van der Waals surface area contributed by atoms with E-state index in [1.54, 1.807) is 0 Å². The first-order valence-corrected chi connectivity index (χ1v) is 9.33. The monoisotopic (exact) mass is 409 g/mol.